The summed E-state index contributed by atoms with van der Waals surface area (Å²) in [6, 6.07) is 5.36. The van der Waals surface area contributed by atoms with E-state index in [2.05, 4.69) is 31.0 Å². The summed E-state index contributed by atoms with van der Waals surface area (Å²) < 4.78 is 7.51. The summed E-state index contributed by atoms with van der Waals surface area (Å²) >= 11 is 3.23. The van der Waals surface area contributed by atoms with Crippen LogP contribution in [0, 0.1) is 13.8 Å². The molecular weight excluding hydrogens is 336 g/mol. The number of aromatic nitrogens is 4. The van der Waals surface area contributed by atoms with E-state index in [4.69, 9.17) is 4.42 Å². The van der Waals surface area contributed by atoms with Crippen molar-refractivity contribution in [3.8, 4) is 17.4 Å². The molecular formula is C14H11BrN4O2. The Bertz CT molecular complexity index is 802. The number of carbonyl (C=O) groups excluding carboxylic acids is 1. The minimum atomic E-state index is 0.416. The van der Waals surface area contributed by atoms with Gasteiger partial charge in [0, 0.05) is 17.6 Å². The lowest BCUT2D eigenvalue weighted by atomic mass is 10.2. The van der Waals surface area contributed by atoms with Crippen molar-refractivity contribution in [3.05, 3.63) is 46.0 Å². The van der Waals surface area contributed by atoms with E-state index in [9.17, 15) is 4.79 Å². The molecule has 0 spiro atoms. The zero-order chi connectivity index (χ0) is 15.0. The van der Waals surface area contributed by atoms with Gasteiger partial charge in [-0.1, -0.05) is 0 Å². The SMILES string of the molecule is Cc1cc(C)nc(-n2cc(C=O)c(-c3ccc(Br)o3)n2)n1. The number of halogens is 1. The van der Waals surface area contributed by atoms with Crippen LogP contribution in [0.3, 0.4) is 0 Å². The third kappa shape index (κ3) is 2.64. The van der Waals surface area contributed by atoms with E-state index in [-0.39, 0.29) is 0 Å². The predicted octanol–water partition coefficient (Wildman–Crippen LogP) is 3.11. The lowest BCUT2D eigenvalue weighted by Crippen LogP contribution is -2.04. The molecule has 0 radical (unpaired) electrons. The second kappa shape index (κ2) is 5.25. The van der Waals surface area contributed by atoms with Gasteiger partial charge in [-0.15, -0.1) is 0 Å². The number of furan rings is 1. The van der Waals surface area contributed by atoms with Gasteiger partial charge in [0.15, 0.2) is 16.7 Å². The van der Waals surface area contributed by atoms with Crippen molar-refractivity contribution in [2.45, 2.75) is 13.8 Å². The van der Waals surface area contributed by atoms with Crippen molar-refractivity contribution in [3.63, 3.8) is 0 Å². The summed E-state index contributed by atoms with van der Waals surface area (Å²) in [7, 11) is 0. The van der Waals surface area contributed by atoms with Crippen LogP contribution in [0.5, 0.6) is 0 Å². The van der Waals surface area contributed by atoms with Gasteiger partial charge >= 0.3 is 0 Å². The van der Waals surface area contributed by atoms with Crippen LogP contribution in [0.1, 0.15) is 21.7 Å². The molecule has 3 heterocycles. The minimum Gasteiger partial charge on any atom is -0.448 e. The molecule has 106 valence electrons. The average molecular weight is 347 g/mol. The average Bonchev–Trinajstić information content (AvgIpc) is 3.03. The second-order valence-corrected chi connectivity index (χ2v) is 5.33. The van der Waals surface area contributed by atoms with Crippen molar-refractivity contribution in [1.29, 1.82) is 0 Å². The van der Waals surface area contributed by atoms with Crippen molar-refractivity contribution in [1.82, 2.24) is 19.7 Å². The van der Waals surface area contributed by atoms with Gasteiger partial charge in [0.25, 0.3) is 5.95 Å². The van der Waals surface area contributed by atoms with Crippen molar-refractivity contribution in [2.24, 2.45) is 0 Å². The molecule has 0 aliphatic rings. The van der Waals surface area contributed by atoms with Gasteiger partial charge in [-0.2, -0.15) is 5.10 Å². The van der Waals surface area contributed by atoms with Crippen LogP contribution in [0.4, 0.5) is 0 Å². The summed E-state index contributed by atoms with van der Waals surface area (Å²) in [5, 5.41) is 4.36. The molecule has 0 amide bonds. The minimum absolute atomic E-state index is 0.416. The lowest BCUT2D eigenvalue weighted by molar-refractivity contribution is 0.112. The Morgan fingerprint density at radius 3 is 2.52 bits per heavy atom. The lowest BCUT2D eigenvalue weighted by Gasteiger charge is -2.02. The van der Waals surface area contributed by atoms with Gasteiger partial charge in [-0.05, 0) is 48.0 Å². The van der Waals surface area contributed by atoms with E-state index < -0.39 is 0 Å². The summed E-state index contributed by atoms with van der Waals surface area (Å²) in [4.78, 5) is 19.9. The molecule has 6 nitrogen and oxygen atoms in total. The van der Waals surface area contributed by atoms with Crippen molar-refractivity contribution < 1.29 is 9.21 Å². The van der Waals surface area contributed by atoms with Crippen LogP contribution in [-0.2, 0) is 0 Å². The first-order chi connectivity index (χ1) is 10.1. The fourth-order valence-electron chi connectivity index (χ4n) is 2.02. The molecule has 0 saturated carbocycles. The number of nitrogens with zero attached hydrogens (tertiary/aromatic N) is 4. The Morgan fingerprint density at radius 1 is 1.24 bits per heavy atom. The highest BCUT2D eigenvalue weighted by Crippen LogP contribution is 2.26. The monoisotopic (exact) mass is 346 g/mol. The maximum absolute atomic E-state index is 11.2. The largest absolute Gasteiger partial charge is 0.448 e. The third-order valence-electron chi connectivity index (χ3n) is 2.85. The number of rotatable bonds is 3. The molecule has 0 saturated heterocycles. The van der Waals surface area contributed by atoms with Crippen LogP contribution in [-0.4, -0.2) is 26.0 Å². The van der Waals surface area contributed by atoms with E-state index in [1.54, 1.807) is 18.3 Å². The normalized spacial score (nSPS) is 10.8. The Kier molecular flexibility index (Phi) is 3.42. The molecule has 3 rings (SSSR count). The zero-order valence-corrected chi connectivity index (χ0v) is 13.0. The molecule has 0 aromatic carbocycles. The summed E-state index contributed by atoms with van der Waals surface area (Å²) in [6.07, 6.45) is 2.32. The number of hydrogen-bond donors (Lipinski definition) is 0. The first-order valence-electron chi connectivity index (χ1n) is 6.20. The molecule has 7 heteroatoms. The maximum atomic E-state index is 11.2. The number of aryl methyl sites for hydroxylation is 2. The first kappa shape index (κ1) is 13.7. The van der Waals surface area contributed by atoms with E-state index in [0.717, 1.165) is 17.7 Å². The highest BCUT2D eigenvalue weighted by atomic mass is 79.9. The fourth-order valence-corrected chi connectivity index (χ4v) is 2.33. The molecule has 0 aliphatic carbocycles. The number of aldehydes is 1. The molecule has 0 unspecified atom stereocenters. The molecule has 0 fully saturated rings. The smallest absolute Gasteiger partial charge is 0.250 e. The topological polar surface area (TPSA) is 73.8 Å². The van der Waals surface area contributed by atoms with E-state index in [0.29, 0.717) is 27.6 Å². The highest BCUT2D eigenvalue weighted by molar-refractivity contribution is 9.10. The quantitative estimate of drug-likeness (QED) is 0.681. The maximum Gasteiger partial charge on any atom is 0.250 e. The summed E-state index contributed by atoms with van der Waals surface area (Å²) in [5.74, 6) is 0.930. The molecule has 0 bridgehead atoms. The second-order valence-electron chi connectivity index (χ2n) is 4.55. The first-order valence-corrected chi connectivity index (χ1v) is 6.99. The van der Waals surface area contributed by atoms with Gasteiger partial charge in [0.1, 0.15) is 5.69 Å². The molecule has 0 aliphatic heterocycles. The van der Waals surface area contributed by atoms with Gasteiger partial charge in [0.2, 0.25) is 0 Å². The van der Waals surface area contributed by atoms with Crippen LogP contribution in [0.25, 0.3) is 17.4 Å². The summed E-state index contributed by atoms with van der Waals surface area (Å²) in [5.41, 5.74) is 2.55. The Labute approximate surface area is 129 Å². The van der Waals surface area contributed by atoms with E-state index >= 15 is 0 Å². The van der Waals surface area contributed by atoms with Gasteiger partial charge in [-0.3, -0.25) is 4.79 Å². The van der Waals surface area contributed by atoms with Gasteiger partial charge in [0.05, 0.1) is 5.56 Å². The Hall–Kier alpha value is -2.28. The van der Waals surface area contributed by atoms with Crippen LogP contribution >= 0.6 is 15.9 Å². The van der Waals surface area contributed by atoms with Crippen molar-refractivity contribution >= 4 is 22.2 Å². The Balaban J connectivity index is 2.13. The summed E-state index contributed by atoms with van der Waals surface area (Å²) in [6.45, 7) is 3.76. The number of hydrogen-bond acceptors (Lipinski definition) is 5. The van der Waals surface area contributed by atoms with E-state index in [1.807, 2.05) is 19.9 Å². The van der Waals surface area contributed by atoms with Crippen LogP contribution in [0.2, 0.25) is 0 Å². The standard InChI is InChI=1S/C14H11BrN4O2/c1-8-5-9(2)17-14(16-8)19-6-10(7-20)13(18-19)11-3-4-12(15)21-11/h3-7H,1-2H3. The highest BCUT2D eigenvalue weighted by Gasteiger charge is 2.16. The molecule has 0 atom stereocenters. The third-order valence-corrected chi connectivity index (χ3v) is 3.28. The Morgan fingerprint density at radius 2 is 1.95 bits per heavy atom. The van der Waals surface area contributed by atoms with Gasteiger partial charge < -0.3 is 4.42 Å². The van der Waals surface area contributed by atoms with Gasteiger partial charge in [-0.25, -0.2) is 14.6 Å². The molecule has 3 aromatic heterocycles. The fraction of sp³-hybridized carbons (Fsp3) is 0.143. The molecule has 3 aromatic rings. The predicted molar refractivity (Wildman–Crippen MR) is 79.4 cm³/mol. The zero-order valence-electron chi connectivity index (χ0n) is 11.4. The molecule has 21 heavy (non-hydrogen) atoms. The van der Waals surface area contributed by atoms with E-state index in [1.165, 1.54) is 4.68 Å². The van der Waals surface area contributed by atoms with Crippen LogP contribution in [0.15, 0.2) is 33.5 Å². The van der Waals surface area contributed by atoms with Crippen molar-refractivity contribution in [2.75, 3.05) is 0 Å². The van der Waals surface area contributed by atoms with Crippen LogP contribution < -0.4 is 0 Å². The number of carbonyl (C=O) groups is 1. The molecule has 0 N–H and O–H groups in total.